The predicted octanol–water partition coefficient (Wildman–Crippen LogP) is 3.72. The van der Waals surface area contributed by atoms with Gasteiger partial charge in [-0.05, 0) is 47.4 Å². The lowest BCUT2D eigenvalue weighted by molar-refractivity contribution is 0.575. The number of aryl methyl sites for hydroxylation is 2. The monoisotopic (exact) mass is 286 g/mol. The average molecular weight is 287 g/mol. The molecule has 5 heteroatoms. The summed E-state index contributed by atoms with van der Waals surface area (Å²) in [6.45, 7) is 3.63. The van der Waals surface area contributed by atoms with E-state index < -0.39 is 5.95 Å². The zero-order valence-corrected chi connectivity index (χ0v) is 10.6. The molecule has 0 N–H and O–H groups in total. The molecular formula is C10H8BrFN2S. The minimum absolute atomic E-state index is 0.420. The van der Waals surface area contributed by atoms with Gasteiger partial charge in [-0.3, -0.25) is 0 Å². The van der Waals surface area contributed by atoms with Gasteiger partial charge in [-0.25, -0.2) is 4.98 Å². The van der Waals surface area contributed by atoms with Crippen LogP contribution in [0.15, 0.2) is 16.7 Å². The van der Waals surface area contributed by atoms with Crippen molar-refractivity contribution < 1.29 is 4.39 Å². The van der Waals surface area contributed by atoms with E-state index in [4.69, 9.17) is 0 Å². The van der Waals surface area contributed by atoms with Crippen molar-refractivity contribution in [1.82, 2.24) is 9.36 Å². The summed E-state index contributed by atoms with van der Waals surface area (Å²) in [6.07, 6.45) is 1.53. The van der Waals surface area contributed by atoms with Crippen LogP contribution in [0.2, 0.25) is 0 Å². The molecule has 15 heavy (non-hydrogen) atoms. The van der Waals surface area contributed by atoms with Gasteiger partial charge < -0.3 is 0 Å². The summed E-state index contributed by atoms with van der Waals surface area (Å²) in [5.74, 6) is -0.420. The molecule has 2 aromatic heterocycles. The predicted molar refractivity (Wildman–Crippen MR) is 62.5 cm³/mol. The Bertz CT molecular complexity index is 510. The third-order valence-corrected chi connectivity index (χ3v) is 4.29. The van der Waals surface area contributed by atoms with Gasteiger partial charge in [-0.15, -0.1) is 0 Å². The topological polar surface area (TPSA) is 25.8 Å². The first-order valence-electron chi connectivity index (χ1n) is 4.34. The maximum absolute atomic E-state index is 13.0. The van der Waals surface area contributed by atoms with E-state index in [1.807, 2.05) is 6.92 Å². The Kier molecular flexibility index (Phi) is 2.84. The molecule has 2 heterocycles. The standard InChI is InChI=1S/C10H8BrFN2S/c1-5-3-7(4-13-10(5)12)9-8(11)6(2)14-15-9/h3-4H,1-2H3. The second-order valence-corrected chi connectivity index (χ2v) is 4.81. The molecule has 0 saturated heterocycles. The first kappa shape index (κ1) is 10.7. The van der Waals surface area contributed by atoms with Crippen LogP contribution in [-0.2, 0) is 0 Å². The van der Waals surface area contributed by atoms with Crippen molar-refractivity contribution in [2.24, 2.45) is 0 Å². The van der Waals surface area contributed by atoms with E-state index in [-0.39, 0.29) is 0 Å². The van der Waals surface area contributed by atoms with Gasteiger partial charge in [0.1, 0.15) is 0 Å². The lowest BCUT2D eigenvalue weighted by Gasteiger charge is -2.00. The first-order chi connectivity index (χ1) is 7.09. The van der Waals surface area contributed by atoms with E-state index in [0.717, 1.165) is 20.6 Å². The van der Waals surface area contributed by atoms with Crippen LogP contribution < -0.4 is 0 Å². The third kappa shape index (κ3) is 1.94. The van der Waals surface area contributed by atoms with Crippen LogP contribution in [0.4, 0.5) is 4.39 Å². The zero-order chi connectivity index (χ0) is 11.0. The molecule has 0 aliphatic heterocycles. The van der Waals surface area contributed by atoms with Gasteiger partial charge >= 0.3 is 0 Å². The number of aromatic nitrogens is 2. The largest absolute Gasteiger partial charge is 0.227 e. The van der Waals surface area contributed by atoms with Crippen LogP contribution in [0.25, 0.3) is 10.4 Å². The molecule has 2 rings (SSSR count). The highest BCUT2D eigenvalue weighted by molar-refractivity contribution is 9.10. The summed E-state index contributed by atoms with van der Waals surface area (Å²) < 4.78 is 18.2. The Hall–Kier alpha value is -0.810. The lowest BCUT2D eigenvalue weighted by atomic mass is 10.2. The Morgan fingerprint density at radius 3 is 2.67 bits per heavy atom. The van der Waals surface area contributed by atoms with Crippen molar-refractivity contribution in [1.29, 1.82) is 0 Å². The minimum atomic E-state index is -0.420. The van der Waals surface area contributed by atoms with Crippen LogP contribution in [0.3, 0.4) is 0 Å². The molecule has 0 aliphatic carbocycles. The van der Waals surface area contributed by atoms with Crippen LogP contribution >= 0.6 is 27.5 Å². The van der Waals surface area contributed by atoms with Crippen molar-refractivity contribution in [3.8, 4) is 10.4 Å². The number of nitrogens with zero attached hydrogens (tertiary/aromatic N) is 2. The van der Waals surface area contributed by atoms with Gasteiger partial charge in [0.2, 0.25) is 5.95 Å². The zero-order valence-electron chi connectivity index (χ0n) is 8.21. The highest BCUT2D eigenvalue weighted by atomic mass is 79.9. The van der Waals surface area contributed by atoms with E-state index in [1.165, 1.54) is 17.7 Å². The molecule has 0 bridgehead atoms. The molecule has 0 amide bonds. The Balaban J connectivity index is 2.55. The van der Waals surface area contributed by atoms with E-state index in [1.54, 1.807) is 13.0 Å². The van der Waals surface area contributed by atoms with Crippen LogP contribution in [-0.4, -0.2) is 9.36 Å². The van der Waals surface area contributed by atoms with Crippen molar-refractivity contribution in [2.45, 2.75) is 13.8 Å². The van der Waals surface area contributed by atoms with E-state index in [0.29, 0.717) is 5.56 Å². The van der Waals surface area contributed by atoms with Crippen LogP contribution in [0.1, 0.15) is 11.3 Å². The van der Waals surface area contributed by atoms with Gasteiger partial charge in [0.05, 0.1) is 15.0 Å². The molecule has 78 valence electrons. The van der Waals surface area contributed by atoms with E-state index in [9.17, 15) is 4.39 Å². The average Bonchev–Trinajstić information content (AvgIpc) is 2.53. The maximum atomic E-state index is 13.0. The van der Waals surface area contributed by atoms with Crippen molar-refractivity contribution in [3.05, 3.63) is 33.9 Å². The van der Waals surface area contributed by atoms with E-state index in [2.05, 4.69) is 25.3 Å². The number of rotatable bonds is 1. The molecule has 2 aromatic rings. The molecule has 0 aromatic carbocycles. The molecule has 0 aliphatic rings. The highest BCUT2D eigenvalue weighted by Crippen LogP contribution is 2.34. The number of pyridine rings is 1. The van der Waals surface area contributed by atoms with E-state index >= 15 is 0 Å². The smallest absolute Gasteiger partial charge is 0.215 e. The second kappa shape index (κ2) is 3.98. The molecule has 0 unspecified atom stereocenters. The summed E-state index contributed by atoms with van der Waals surface area (Å²) in [6, 6.07) is 1.78. The summed E-state index contributed by atoms with van der Waals surface area (Å²) in [4.78, 5) is 4.69. The van der Waals surface area contributed by atoms with Gasteiger partial charge in [0.25, 0.3) is 0 Å². The fraction of sp³-hybridized carbons (Fsp3) is 0.200. The van der Waals surface area contributed by atoms with Gasteiger partial charge in [0, 0.05) is 17.3 Å². The molecule has 0 atom stereocenters. The van der Waals surface area contributed by atoms with Gasteiger partial charge in [-0.1, -0.05) is 0 Å². The van der Waals surface area contributed by atoms with Crippen molar-refractivity contribution in [3.63, 3.8) is 0 Å². The third-order valence-electron chi connectivity index (χ3n) is 2.07. The highest BCUT2D eigenvalue weighted by Gasteiger charge is 2.11. The Morgan fingerprint density at radius 2 is 2.13 bits per heavy atom. The molecule has 2 nitrogen and oxygen atoms in total. The molecule has 0 spiro atoms. The fourth-order valence-electron chi connectivity index (χ4n) is 1.22. The molecule has 0 saturated carbocycles. The Labute approximate surface area is 99.5 Å². The summed E-state index contributed by atoms with van der Waals surface area (Å²) in [5.41, 5.74) is 2.38. The Morgan fingerprint density at radius 1 is 1.40 bits per heavy atom. The number of halogens is 2. The summed E-state index contributed by atoms with van der Waals surface area (Å²) in [7, 11) is 0. The second-order valence-electron chi connectivity index (χ2n) is 3.24. The molecule has 0 radical (unpaired) electrons. The number of hydrogen-bond acceptors (Lipinski definition) is 3. The molecule has 0 fully saturated rings. The van der Waals surface area contributed by atoms with Gasteiger partial charge in [-0.2, -0.15) is 8.76 Å². The lowest BCUT2D eigenvalue weighted by Crippen LogP contribution is -1.88. The maximum Gasteiger partial charge on any atom is 0.215 e. The molecular weight excluding hydrogens is 279 g/mol. The summed E-state index contributed by atoms with van der Waals surface area (Å²) >= 11 is 4.84. The fourth-order valence-corrected chi connectivity index (χ4v) is 2.64. The van der Waals surface area contributed by atoms with Gasteiger partial charge in [0.15, 0.2) is 0 Å². The van der Waals surface area contributed by atoms with Crippen LogP contribution in [0.5, 0.6) is 0 Å². The normalized spacial score (nSPS) is 10.7. The van der Waals surface area contributed by atoms with Crippen molar-refractivity contribution >= 4 is 27.5 Å². The van der Waals surface area contributed by atoms with Crippen LogP contribution in [0, 0.1) is 19.8 Å². The number of hydrogen-bond donors (Lipinski definition) is 0. The van der Waals surface area contributed by atoms with Crippen molar-refractivity contribution in [2.75, 3.05) is 0 Å². The summed E-state index contributed by atoms with van der Waals surface area (Å²) in [5, 5.41) is 0. The quantitative estimate of drug-likeness (QED) is 0.747. The first-order valence-corrected chi connectivity index (χ1v) is 5.90. The SMILES string of the molecule is Cc1cc(-c2snc(C)c2Br)cnc1F. The minimum Gasteiger partial charge on any atom is -0.227 e.